The molecule has 0 aliphatic carbocycles. The van der Waals surface area contributed by atoms with Crippen molar-refractivity contribution in [1.82, 2.24) is 0 Å². The van der Waals surface area contributed by atoms with Crippen molar-refractivity contribution in [3.8, 4) is 5.75 Å². The Balaban J connectivity index is 2.63. The van der Waals surface area contributed by atoms with Crippen molar-refractivity contribution >= 4 is 11.6 Å². The van der Waals surface area contributed by atoms with E-state index in [2.05, 4.69) is 0 Å². The number of para-hydroxylation sites is 1. The molecule has 1 rings (SSSR count). The van der Waals surface area contributed by atoms with Gasteiger partial charge in [0.1, 0.15) is 0 Å². The second-order valence-electron chi connectivity index (χ2n) is 4.42. The lowest BCUT2D eigenvalue weighted by molar-refractivity contribution is 0.00507. The number of alkyl halides is 1. The molecule has 0 saturated heterocycles. The summed E-state index contributed by atoms with van der Waals surface area (Å²) in [5.41, 5.74) is 0.397. The summed E-state index contributed by atoms with van der Waals surface area (Å²) >= 11 is 5.73. The Morgan fingerprint density at radius 1 is 1.35 bits per heavy atom. The summed E-state index contributed by atoms with van der Waals surface area (Å²) in [5.74, 6) is 0.105. The van der Waals surface area contributed by atoms with Crippen LogP contribution in [-0.2, 0) is 10.6 Å². The van der Waals surface area contributed by atoms with Crippen LogP contribution in [0.25, 0.3) is 0 Å². The fraction of sp³-hybridized carbons (Fsp3) is 0.538. The van der Waals surface area contributed by atoms with E-state index in [4.69, 9.17) is 21.1 Å². The molecule has 96 valence electrons. The molecule has 0 amide bonds. The molecule has 0 fully saturated rings. The maximum Gasteiger partial charge on any atom is 0.165 e. The lowest BCUT2D eigenvalue weighted by Gasteiger charge is -2.23. The van der Waals surface area contributed by atoms with Gasteiger partial charge in [0.05, 0.1) is 18.1 Å². The zero-order valence-corrected chi connectivity index (χ0v) is 11.2. The van der Waals surface area contributed by atoms with Crippen molar-refractivity contribution in [2.24, 2.45) is 0 Å². The molecule has 1 aromatic rings. The summed E-state index contributed by atoms with van der Waals surface area (Å²) in [6, 6.07) is 4.75. The molecule has 0 heterocycles. The minimum Gasteiger partial charge on any atom is -0.490 e. The van der Waals surface area contributed by atoms with Crippen LogP contribution in [-0.4, -0.2) is 19.3 Å². The molecule has 17 heavy (non-hydrogen) atoms. The van der Waals surface area contributed by atoms with Gasteiger partial charge in [-0.15, -0.1) is 11.6 Å². The molecule has 0 N–H and O–H groups in total. The van der Waals surface area contributed by atoms with Gasteiger partial charge in [0.15, 0.2) is 11.6 Å². The second kappa shape index (κ2) is 6.22. The highest BCUT2D eigenvalue weighted by atomic mass is 35.5. The number of methoxy groups -OCH3 is 1. The summed E-state index contributed by atoms with van der Waals surface area (Å²) in [7, 11) is 1.65. The maximum atomic E-state index is 13.5. The van der Waals surface area contributed by atoms with Crippen LogP contribution in [0.15, 0.2) is 18.2 Å². The molecule has 0 radical (unpaired) electrons. The van der Waals surface area contributed by atoms with Crippen molar-refractivity contribution in [1.29, 1.82) is 0 Å². The number of benzene rings is 1. The van der Waals surface area contributed by atoms with Crippen LogP contribution in [0, 0.1) is 5.82 Å². The van der Waals surface area contributed by atoms with Gasteiger partial charge in [0, 0.05) is 19.1 Å². The van der Waals surface area contributed by atoms with Gasteiger partial charge in [0.2, 0.25) is 0 Å². The van der Waals surface area contributed by atoms with E-state index < -0.39 is 0 Å². The molecular formula is C13H18ClFO2. The molecule has 1 aromatic carbocycles. The van der Waals surface area contributed by atoms with Gasteiger partial charge >= 0.3 is 0 Å². The van der Waals surface area contributed by atoms with Crippen LogP contribution >= 0.6 is 11.6 Å². The molecule has 4 heteroatoms. The number of ether oxygens (including phenoxy) is 2. The normalized spacial score (nSPS) is 11.6. The van der Waals surface area contributed by atoms with E-state index in [1.54, 1.807) is 19.2 Å². The average Bonchev–Trinajstić information content (AvgIpc) is 2.31. The van der Waals surface area contributed by atoms with E-state index in [0.29, 0.717) is 18.6 Å². The molecule has 0 atom stereocenters. The summed E-state index contributed by atoms with van der Waals surface area (Å²) in [6.07, 6.45) is 0.680. The van der Waals surface area contributed by atoms with E-state index in [1.165, 1.54) is 6.07 Å². The Morgan fingerprint density at radius 3 is 2.65 bits per heavy atom. The highest BCUT2D eigenvalue weighted by Crippen LogP contribution is 2.25. The smallest absolute Gasteiger partial charge is 0.165 e. The largest absolute Gasteiger partial charge is 0.490 e. The zero-order valence-electron chi connectivity index (χ0n) is 10.4. The fourth-order valence-electron chi connectivity index (χ4n) is 1.32. The Kier molecular flexibility index (Phi) is 5.22. The number of hydrogen-bond donors (Lipinski definition) is 0. The van der Waals surface area contributed by atoms with Crippen molar-refractivity contribution in [3.05, 3.63) is 29.6 Å². The van der Waals surface area contributed by atoms with E-state index in [-0.39, 0.29) is 23.0 Å². The summed E-state index contributed by atoms with van der Waals surface area (Å²) in [4.78, 5) is 0. The van der Waals surface area contributed by atoms with Crippen LogP contribution in [0.2, 0.25) is 0 Å². The molecule has 0 saturated carbocycles. The molecule has 2 nitrogen and oxygen atoms in total. The number of rotatable bonds is 6. The second-order valence-corrected chi connectivity index (χ2v) is 4.69. The molecule has 0 bridgehead atoms. The first-order valence-electron chi connectivity index (χ1n) is 5.51. The third kappa shape index (κ3) is 4.17. The quantitative estimate of drug-likeness (QED) is 0.725. The third-order valence-electron chi connectivity index (χ3n) is 2.70. The van der Waals surface area contributed by atoms with E-state index in [0.717, 1.165) is 0 Å². The number of hydrogen-bond acceptors (Lipinski definition) is 2. The monoisotopic (exact) mass is 260 g/mol. The van der Waals surface area contributed by atoms with Gasteiger partial charge in [-0.1, -0.05) is 12.1 Å². The predicted molar refractivity (Wildman–Crippen MR) is 67.2 cm³/mol. The van der Waals surface area contributed by atoms with Gasteiger partial charge in [-0.2, -0.15) is 0 Å². The molecule has 0 aromatic heterocycles. The first-order chi connectivity index (χ1) is 8.00. The Hall–Kier alpha value is -0.800. The summed E-state index contributed by atoms with van der Waals surface area (Å²) in [6.45, 7) is 4.31. The lowest BCUT2D eigenvalue weighted by atomic mass is 10.1. The van der Waals surface area contributed by atoms with Gasteiger partial charge in [-0.3, -0.25) is 0 Å². The van der Waals surface area contributed by atoms with Crippen LogP contribution in [0.3, 0.4) is 0 Å². The fourth-order valence-corrected chi connectivity index (χ4v) is 1.53. The average molecular weight is 261 g/mol. The Labute approximate surface area is 107 Å². The van der Waals surface area contributed by atoms with E-state index in [9.17, 15) is 4.39 Å². The zero-order chi connectivity index (χ0) is 12.9. The Morgan fingerprint density at radius 2 is 2.06 bits per heavy atom. The molecular weight excluding hydrogens is 243 g/mol. The first kappa shape index (κ1) is 14.3. The predicted octanol–water partition coefficient (Wildman–Crippen LogP) is 3.76. The Bertz CT molecular complexity index is 366. The summed E-state index contributed by atoms with van der Waals surface area (Å²) in [5, 5.41) is 0. The van der Waals surface area contributed by atoms with Gasteiger partial charge < -0.3 is 9.47 Å². The van der Waals surface area contributed by atoms with Crippen molar-refractivity contribution in [2.45, 2.75) is 31.7 Å². The third-order valence-corrected chi connectivity index (χ3v) is 2.98. The van der Waals surface area contributed by atoms with Crippen molar-refractivity contribution < 1.29 is 13.9 Å². The minimum atomic E-state index is -0.377. The van der Waals surface area contributed by atoms with Crippen LogP contribution in [0.5, 0.6) is 5.75 Å². The highest BCUT2D eigenvalue weighted by Gasteiger charge is 2.17. The van der Waals surface area contributed by atoms with Crippen LogP contribution in [0.1, 0.15) is 25.8 Å². The maximum absolute atomic E-state index is 13.5. The molecule has 0 aliphatic heterocycles. The highest BCUT2D eigenvalue weighted by molar-refractivity contribution is 6.17. The number of halogens is 2. The van der Waals surface area contributed by atoms with Gasteiger partial charge in [-0.05, 0) is 19.9 Å². The molecule has 0 unspecified atom stereocenters. The van der Waals surface area contributed by atoms with Gasteiger partial charge in [0.25, 0.3) is 0 Å². The van der Waals surface area contributed by atoms with E-state index in [1.807, 2.05) is 13.8 Å². The topological polar surface area (TPSA) is 18.5 Å². The molecule has 0 spiro atoms. The summed E-state index contributed by atoms with van der Waals surface area (Å²) < 4.78 is 24.2. The van der Waals surface area contributed by atoms with Crippen LogP contribution < -0.4 is 4.74 Å². The SMILES string of the molecule is COC(C)(C)CCOc1c(F)cccc1CCl. The van der Waals surface area contributed by atoms with Gasteiger partial charge in [-0.25, -0.2) is 4.39 Å². The van der Waals surface area contributed by atoms with E-state index >= 15 is 0 Å². The van der Waals surface area contributed by atoms with Crippen LogP contribution in [0.4, 0.5) is 4.39 Å². The lowest BCUT2D eigenvalue weighted by Crippen LogP contribution is -2.25. The van der Waals surface area contributed by atoms with Crippen molar-refractivity contribution in [3.63, 3.8) is 0 Å². The van der Waals surface area contributed by atoms with Crippen molar-refractivity contribution in [2.75, 3.05) is 13.7 Å². The standard InChI is InChI=1S/C13H18ClFO2/c1-13(2,16-3)7-8-17-12-10(9-14)5-4-6-11(12)15/h4-6H,7-9H2,1-3H3. The first-order valence-corrected chi connectivity index (χ1v) is 6.05. The minimum absolute atomic E-state index is 0.237. The molecule has 0 aliphatic rings.